The minimum absolute atomic E-state index is 0.205. The average molecular weight is 372 g/mol. The lowest BCUT2D eigenvalue weighted by Gasteiger charge is -2.27. The highest BCUT2D eigenvalue weighted by atomic mass is 16.5. The molecule has 0 atom stereocenters. The summed E-state index contributed by atoms with van der Waals surface area (Å²) in [6.07, 6.45) is 0. The number of hydrogen-bond acceptors (Lipinski definition) is 5. The number of amides is 1. The van der Waals surface area contributed by atoms with E-state index in [1.54, 1.807) is 12.1 Å². The van der Waals surface area contributed by atoms with Gasteiger partial charge < -0.3 is 24.4 Å². The molecule has 146 valence electrons. The Morgan fingerprint density at radius 1 is 1.00 bits per heavy atom. The summed E-state index contributed by atoms with van der Waals surface area (Å²) in [5.74, 6) is 1.25. The lowest BCUT2D eigenvalue weighted by molar-refractivity contribution is 0.102. The van der Waals surface area contributed by atoms with Gasteiger partial charge in [0.05, 0.1) is 21.3 Å². The van der Waals surface area contributed by atoms with Crippen molar-refractivity contribution in [2.45, 2.75) is 26.8 Å². The van der Waals surface area contributed by atoms with E-state index in [-0.39, 0.29) is 5.91 Å². The minimum Gasteiger partial charge on any atom is -0.493 e. The van der Waals surface area contributed by atoms with Crippen LogP contribution in [0.2, 0.25) is 0 Å². The molecule has 6 heteroatoms. The highest BCUT2D eigenvalue weighted by Gasteiger charge is 2.15. The molecule has 0 aliphatic heterocycles. The molecule has 27 heavy (non-hydrogen) atoms. The van der Waals surface area contributed by atoms with Crippen LogP contribution in [0, 0.1) is 0 Å². The first-order valence-electron chi connectivity index (χ1n) is 8.93. The topological polar surface area (TPSA) is 60.0 Å². The zero-order valence-electron chi connectivity index (χ0n) is 16.8. The number of carbonyl (C=O) groups excluding carboxylic acids is 1. The fourth-order valence-electron chi connectivity index (χ4n) is 3.01. The minimum atomic E-state index is -0.205. The van der Waals surface area contributed by atoms with E-state index in [4.69, 9.17) is 14.2 Å². The maximum atomic E-state index is 12.6. The third-order valence-electron chi connectivity index (χ3n) is 4.35. The molecule has 0 saturated carbocycles. The molecule has 1 amide bonds. The molecule has 0 aliphatic carbocycles. The zero-order valence-corrected chi connectivity index (χ0v) is 16.8. The Balaban J connectivity index is 2.22. The van der Waals surface area contributed by atoms with Crippen molar-refractivity contribution in [1.82, 2.24) is 0 Å². The average Bonchev–Trinajstić information content (AvgIpc) is 2.67. The summed E-state index contributed by atoms with van der Waals surface area (Å²) >= 11 is 0. The van der Waals surface area contributed by atoms with E-state index in [9.17, 15) is 4.79 Å². The number of hydrogen-bond donors (Lipinski definition) is 1. The molecule has 0 heterocycles. The maximum Gasteiger partial charge on any atom is 0.255 e. The number of methoxy groups -OCH3 is 3. The summed E-state index contributed by atoms with van der Waals surface area (Å²) in [4.78, 5) is 14.9. The van der Waals surface area contributed by atoms with Crippen molar-refractivity contribution in [2.24, 2.45) is 0 Å². The molecule has 0 unspecified atom stereocenters. The summed E-state index contributed by atoms with van der Waals surface area (Å²) < 4.78 is 15.9. The van der Waals surface area contributed by atoms with Crippen molar-refractivity contribution in [1.29, 1.82) is 0 Å². The van der Waals surface area contributed by atoms with Crippen molar-refractivity contribution in [3.63, 3.8) is 0 Å². The van der Waals surface area contributed by atoms with Crippen LogP contribution in [-0.2, 0) is 0 Å². The summed E-state index contributed by atoms with van der Waals surface area (Å²) in [5.41, 5.74) is 2.24. The fraction of sp³-hybridized carbons (Fsp3) is 0.381. The van der Waals surface area contributed by atoms with E-state index in [1.165, 1.54) is 21.3 Å². The second-order valence-corrected chi connectivity index (χ2v) is 6.29. The van der Waals surface area contributed by atoms with Crippen molar-refractivity contribution >= 4 is 17.3 Å². The largest absolute Gasteiger partial charge is 0.493 e. The van der Waals surface area contributed by atoms with Gasteiger partial charge in [0.2, 0.25) is 5.75 Å². The first-order chi connectivity index (χ1) is 12.9. The van der Waals surface area contributed by atoms with Gasteiger partial charge in [0.1, 0.15) is 0 Å². The SMILES string of the molecule is CCN(c1ccc(C(=O)Nc2cc(OC)c(OC)c(OC)c2)cc1)C(C)C. The Morgan fingerprint density at radius 2 is 1.56 bits per heavy atom. The highest BCUT2D eigenvalue weighted by molar-refractivity contribution is 6.04. The molecule has 2 aromatic rings. The smallest absolute Gasteiger partial charge is 0.255 e. The number of ether oxygens (including phenoxy) is 3. The van der Waals surface area contributed by atoms with Gasteiger partial charge in [-0.1, -0.05) is 0 Å². The molecule has 1 N–H and O–H groups in total. The molecule has 0 saturated heterocycles. The van der Waals surface area contributed by atoms with Gasteiger partial charge in [-0.25, -0.2) is 0 Å². The fourth-order valence-corrected chi connectivity index (χ4v) is 3.01. The Hall–Kier alpha value is -2.89. The van der Waals surface area contributed by atoms with Crippen LogP contribution in [0.5, 0.6) is 17.2 Å². The normalized spacial score (nSPS) is 10.5. The van der Waals surface area contributed by atoms with Crippen molar-refractivity contribution < 1.29 is 19.0 Å². The van der Waals surface area contributed by atoms with Crippen molar-refractivity contribution in [3.8, 4) is 17.2 Å². The van der Waals surface area contributed by atoms with Crippen molar-refractivity contribution in [2.75, 3.05) is 38.1 Å². The van der Waals surface area contributed by atoms with Crippen LogP contribution in [0.1, 0.15) is 31.1 Å². The number of anilines is 2. The quantitative estimate of drug-likeness (QED) is 0.752. The number of carbonyl (C=O) groups is 1. The Labute approximate surface area is 161 Å². The maximum absolute atomic E-state index is 12.6. The van der Waals surface area contributed by atoms with E-state index >= 15 is 0 Å². The van der Waals surface area contributed by atoms with E-state index < -0.39 is 0 Å². The lowest BCUT2D eigenvalue weighted by atomic mass is 10.1. The summed E-state index contributed by atoms with van der Waals surface area (Å²) in [6.45, 7) is 7.32. The van der Waals surface area contributed by atoms with E-state index in [2.05, 4.69) is 31.0 Å². The van der Waals surface area contributed by atoms with E-state index in [1.807, 2.05) is 24.3 Å². The van der Waals surface area contributed by atoms with Crippen LogP contribution >= 0.6 is 0 Å². The van der Waals surface area contributed by atoms with Gasteiger partial charge in [-0.2, -0.15) is 0 Å². The summed E-state index contributed by atoms with van der Waals surface area (Å²) in [5, 5.41) is 2.88. The van der Waals surface area contributed by atoms with Gasteiger partial charge in [-0.05, 0) is 45.0 Å². The Bertz CT molecular complexity index is 747. The number of rotatable bonds is 8. The predicted molar refractivity (Wildman–Crippen MR) is 109 cm³/mol. The molecule has 0 spiro atoms. The van der Waals surface area contributed by atoms with Gasteiger partial charge in [-0.15, -0.1) is 0 Å². The Kier molecular flexibility index (Phi) is 6.93. The predicted octanol–water partition coefficient (Wildman–Crippen LogP) is 4.20. The van der Waals surface area contributed by atoms with Crippen molar-refractivity contribution in [3.05, 3.63) is 42.0 Å². The Morgan fingerprint density at radius 3 is 1.96 bits per heavy atom. The second-order valence-electron chi connectivity index (χ2n) is 6.29. The van der Waals surface area contributed by atoms with Gasteiger partial charge in [0.25, 0.3) is 5.91 Å². The molecule has 2 aromatic carbocycles. The van der Waals surface area contributed by atoms with Crippen LogP contribution in [0.15, 0.2) is 36.4 Å². The molecule has 2 rings (SSSR count). The first kappa shape index (κ1) is 20.4. The monoisotopic (exact) mass is 372 g/mol. The molecule has 0 fully saturated rings. The first-order valence-corrected chi connectivity index (χ1v) is 8.93. The molecule has 6 nitrogen and oxygen atoms in total. The van der Waals surface area contributed by atoms with E-state index in [0.717, 1.165) is 12.2 Å². The van der Waals surface area contributed by atoms with Crippen LogP contribution in [0.25, 0.3) is 0 Å². The molecule has 0 aromatic heterocycles. The van der Waals surface area contributed by atoms with Gasteiger partial charge in [0, 0.05) is 41.7 Å². The highest BCUT2D eigenvalue weighted by Crippen LogP contribution is 2.40. The molecule has 0 bridgehead atoms. The summed E-state index contributed by atoms with van der Waals surface area (Å²) in [6, 6.07) is 11.4. The molecule has 0 radical (unpaired) electrons. The lowest BCUT2D eigenvalue weighted by Crippen LogP contribution is -2.30. The van der Waals surface area contributed by atoms with E-state index in [0.29, 0.717) is 34.5 Å². The number of nitrogens with one attached hydrogen (secondary N) is 1. The third-order valence-corrected chi connectivity index (χ3v) is 4.35. The third kappa shape index (κ3) is 4.64. The summed E-state index contributed by atoms with van der Waals surface area (Å²) in [7, 11) is 4.61. The van der Waals surface area contributed by atoms with Crippen LogP contribution < -0.4 is 24.4 Å². The standard InChI is InChI=1S/C21H28N2O4/c1-7-23(14(2)3)17-10-8-15(9-11-17)21(24)22-16-12-18(25-4)20(27-6)19(13-16)26-5/h8-14H,7H2,1-6H3,(H,22,24). The zero-order chi connectivity index (χ0) is 20.0. The number of benzene rings is 2. The van der Waals surface area contributed by atoms with Gasteiger partial charge in [0.15, 0.2) is 11.5 Å². The van der Waals surface area contributed by atoms with Crippen LogP contribution in [-0.4, -0.2) is 39.8 Å². The second kappa shape index (κ2) is 9.16. The molecule has 0 aliphatic rings. The molecular formula is C21H28N2O4. The number of nitrogens with zero attached hydrogens (tertiary/aromatic N) is 1. The van der Waals surface area contributed by atoms with Crippen LogP contribution in [0.4, 0.5) is 11.4 Å². The van der Waals surface area contributed by atoms with Gasteiger partial charge >= 0.3 is 0 Å². The van der Waals surface area contributed by atoms with Gasteiger partial charge in [-0.3, -0.25) is 4.79 Å². The molecular weight excluding hydrogens is 344 g/mol. The van der Waals surface area contributed by atoms with Crippen LogP contribution in [0.3, 0.4) is 0 Å².